The average Bonchev–Trinajstić information content (AvgIpc) is 3.09. The first-order valence-electron chi connectivity index (χ1n) is 5.94. The van der Waals surface area contributed by atoms with Gasteiger partial charge in [0.15, 0.2) is 0 Å². The Bertz CT molecular complexity index is 388. The van der Waals surface area contributed by atoms with E-state index in [1.54, 1.807) is 13.3 Å². The molecule has 0 aliphatic heterocycles. The molecule has 4 nitrogen and oxygen atoms in total. The minimum atomic E-state index is -0.0959. The third kappa shape index (κ3) is 2.96. The molecule has 2 unspecified atom stereocenters. The van der Waals surface area contributed by atoms with Crippen LogP contribution < -0.4 is 4.74 Å². The monoisotopic (exact) mass is 235 g/mol. The van der Waals surface area contributed by atoms with E-state index in [-0.39, 0.29) is 12.1 Å². The summed E-state index contributed by atoms with van der Waals surface area (Å²) in [5.41, 5.74) is 1.11. The number of esters is 1. The molecule has 1 fully saturated rings. The molecular weight excluding hydrogens is 218 g/mol. The molecule has 92 valence electrons. The molecule has 0 amide bonds. The normalized spacial score (nSPS) is 22.0. The van der Waals surface area contributed by atoms with Crippen molar-refractivity contribution in [1.82, 2.24) is 4.98 Å². The lowest BCUT2D eigenvalue weighted by Crippen LogP contribution is -2.06. The van der Waals surface area contributed by atoms with Crippen molar-refractivity contribution in [3.05, 3.63) is 23.9 Å². The summed E-state index contributed by atoms with van der Waals surface area (Å²) < 4.78 is 10.3. The molecule has 4 heteroatoms. The second-order valence-corrected chi connectivity index (χ2v) is 4.25. The van der Waals surface area contributed by atoms with Crippen LogP contribution in [0.25, 0.3) is 0 Å². The Labute approximate surface area is 101 Å². The first-order chi connectivity index (χ1) is 8.24. The Hall–Kier alpha value is -1.58. The van der Waals surface area contributed by atoms with Gasteiger partial charge in [-0.25, -0.2) is 4.98 Å². The predicted octanol–water partition coefficient (Wildman–Crippen LogP) is 2.29. The van der Waals surface area contributed by atoms with Gasteiger partial charge in [0, 0.05) is 24.6 Å². The molecule has 2 atom stereocenters. The van der Waals surface area contributed by atoms with Crippen molar-refractivity contribution in [2.24, 2.45) is 0 Å². The molecule has 17 heavy (non-hydrogen) atoms. The van der Waals surface area contributed by atoms with Gasteiger partial charge >= 0.3 is 5.97 Å². The van der Waals surface area contributed by atoms with Gasteiger partial charge in [-0.15, -0.1) is 0 Å². The zero-order valence-corrected chi connectivity index (χ0v) is 10.2. The van der Waals surface area contributed by atoms with E-state index in [1.807, 2.05) is 19.1 Å². The minimum absolute atomic E-state index is 0.0456. The third-order valence-corrected chi connectivity index (χ3v) is 2.87. The van der Waals surface area contributed by atoms with Gasteiger partial charge < -0.3 is 9.47 Å². The summed E-state index contributed by atoms with van der Waals surface area (Å²) in [5.74, 6) is 0.824. The number of hydrogen-bond donors (Lipinski definition) is 0. The van der Waals surface area contributed by atoms with Crippen LogP contribution >= 0.6 is 0 Å². The molecule has 0 radical (unpaired) electrons. The fraction of sp³-hybridized carbons (Fsp3) is 0.538. The number of ether oxygens (including phenoxy) is 2. The van der Waals surface area contributed by atoms with Gasteiger partial charge in [0.1, 0.15) is 6.10 Å². The summed E-state index contributed by atoms with van der Waals surface area (Å²) in [4.78, 5) is 15.5. The Morgan fingerprint density at radius 2 is 2.35 bits per heavy atom. The van der Waals surface area contributed by atoms with E-state index in [9.17, 15) is 4.79 Å². The highest BCUT2D eigenvalue weighted by Gasteiger charge is 2.41. The first kappa shape index (κ1) is 11.9. The Kier molecular flexibility index (Phi) is 3.61. The maximum Gasteiger partial charge on any atom is 0.306 e. The topological polar surface area (TPSA) is 48.4 Å². The molecule has 0 bridgehead atoms. The molecule has 0 aromatic carbocycles. The summed E-state index contributed by atoms with van der Waals surface area (Å²) in [6, 6.07) is 3.81. The number of hydrogen-bond acceptors (Lipinski definition) is 4. The molecular formula is C13H17NO3. The highest BCUT2D eigenvalue weighted by molar-refractivity contribution is 5.69. The third-order valence-electron chi connectivity index (χ3n) is 2.87. The van der Waals surface area contributed by atoms with Crippen LogP contribution in [0.1, 0.15) is 37.7 Å². The Balaban J connectivity index is 1.87. The summed E-state index contributed by atoms with van der Waals surface area (Å²) in [5, 5.41) is 0. The van der Waals surface area contributed by atoms with E-state index in [2.05, 4.69) is 4.98 Å². The fourth-order valence-corrected chi connectivity index (χ4v) is 1.82. The van der Waals surface area contributed by atoms with Crippen LogP contribution in [-0.2, 0) is 9.53 Å². The van der Waals surface area contributed by atoms with Crippen LogP contribution in [0.5, 0.6) is 5.88 Å². The van der Waals surface area contributed by atoms with Crippen LogP contribution in [0.4, 0.5) is 0 Å². The van der Waals surface area contributed by atoms with E-state index in [0.717, 1.165) is 18.4 Å². The largest absolute Gasteiger partial charge is 0.481 e. The zero-order chi connectivity index (χ0) is 12.3. The second-order valence-electron chi connectivity index (χ2n) is 4.25. The predicted molar refractivity (Wildman–Crippen MR) is 62.9 cm³/mol. The maximum absolute atomic E-state index is 11.3. The maximum atomic E-state index is 11.3. The van der Waals surface area contributed by atoms with Crippen molar-refractivity contribution in [1.29, 1.82) is 0 Å². The Morgan fingerprint density at radius 1 is 1.53 bits per heavy atom. The van der Waals surface area contributed by atoms with Crippen LogP contribution in [0.2, 0.25) is 0 Å². The molecule has 1 aliphatic carbocycles. The molecule has 0 saturated heterocycles. The SMILES string of the molecule is CCCC(=O)OC1CC1c1ccc(OC)nc1. The van der Waals surface area contributed by atoms with Crippen molar-refractivity contribution in [2.75, 3.05) is 7.11 Å². The van der Waals surface area contributed by atoms with Crippen LogP contribution in [0.3, 0.4) is 0 Å². The lowest BCUT2D eigenvalue weighted by atomic mass is 10.2. The number of methoxy groups -OCH3 is 1. The molecule has 1 saturated carbocycles. The molecule has 0 spiro atoms. The fourth-order valence-electron chi connectivity index (χ4n) is 1.82. The minimum Gasteiger partial charge on any atom is -0.481 e. The molecule has 1 aliphatic rings. The number of pyridine rings is 1. The lowest BCUT2D eigenvalue weighted by molar-refractivity contribution is -0.145. The Morgan fingerprint density at radius 3 is 2.94 bits per heavy atom. The van der Waals surface area contributed by atoms with Gasteiger partial charge in [-0.05, 0) is 18.4 Å². The van der Waals surface area contributed by atoms with E-state index < -0.39 is 0 Å². The standard InChI is InChI=1S/C13H17NO3/c1-3-4-13(15)17-11-7-10(11)9-5-6-12(16-2)14-8-9/h5-6,8,10-11H,3-4,7H2,1-2H3. The van der Waals surface area contributed by atoms with Crippen molar-refractivity contribution in [3.8, 4) is 5.88 Å². The number of rotatable bonds is 5. The van der Waals surface area contributed by atoms with Crippen LogP contribution in [0, 0.1) is 0 Å². The second kappa shape index (κ2) is 5.17. The van der Waals surface area contributed by atoms with E-state index in [4.69, 9.17) is 9.47 Å². The van der Waals surface area contributed by atoms with Crippen molar-refractivity contribution >= 4 is 5.97 Å². The smallest absolute Gasteiger partial charge is 0.306 e. The van der Waals surface area contributed by atoms with E-state index in [1.165, 1.54) is 0 Å². The van der Waals surface area contributed by atoms with Gasteiger partial charge in [0.2, 0.25) is 5.88 Å². The van der Waals surface area contributed by atoms with E-state index >= 15 is 0 Å². The highest BCUT2D eigenvalue weighted by Crippen LogP contribution is 2.43. The zero-order valence-electron chi connectivity index (χ0n) is 10.2. The number of nitrogens with zero attached hydrogens (tertiary/aromatic N) is 1. The lowest BCUT2D eigenvalue weighted by Gasteiger charge is -2.04. The quantitative estimate of drug-likeness (QED) is 0.735. The molecule has 1 aromatic heterocycles. The van der Waals surface area contributed by atoms with Crippen molar-refractivity contribution in [2.45, 2.75) is 38.2 Å². The van der Waals surface area contributed by atoms with E-state index in [0.29, 0.717) is 18.2 Å². The summed E-state index contributed by atoms with van der Waals surface area (Å²) in [6.07, 6.45) is 4.08. The average molecular weight is 235 g/mol. The summed E-state index contributed by atoms with van der Waals surface area (Å²) >= 11 is 0. The molecule has 1 aromatic rings. The van der Waals surface area contributed by atoms with Crippen LogP contribution in [-0.4, -0.2) is 24.2 Å². The highest BCUT2D eigenvalue weighted by atomic mass is 16.5. The van der Waals surface area contributed by atoms with Crippen molar-refractivity contribution < 1.29 is 14.3 Å². The summed E-state index contributed by atoms with van der Waals surface area (Å²) in [7, 11) is 1.59. The van der Waals surface area contributed by atoms with Gasteiger partial charge in [0.05, 0.1) is 7.11 Å². The molecule has 2 rings (SSSR count). The van der Waals surface area contributed by atoms with Crippen LogP contribution in [0.15, 0.2) is 18.3 Å². The molecule has 1 heterocycles. The van der Waals surface area contributed by atoms with Gasteiger partial charge in [-0.1, -0.05) is 13.0 Å². The molecule has 0 N–H and O–H groups in total. The van der Waals surface area contributed by atoms with Gasteiger partial charge in [0.25, 0.3) is 0 Å². The first-order valence-corrected chi connectivity index (χ1v) is 5.94. The number of aromatic nitrogens is 1. The van der Waals surface area contributed by atoms with Gasteiger partial charge in [-0.3, -0.25) is 4.79 Å². The summed E-state index contributed by atoms with van der Waals surface area (Å²) in [6.45, 7) is 1.97. The number of carbonyl (C=O) groups excluding carboxylic acids is 1. The number of carbonyl (C=O) groups is 1. The van der Waals surface area contributed by atoms with Crippen molar-refractivity contribution in [3.63, 3.8) is 0 Å². The van der Waals surface area contributed by atoms with Gasteiger partial charge in [-0.2, -0.15) is 0 Å².